The van der Waals surface area contributed by atoms with E-state index in [-0.39, 0.29) is 31.8 Å². The van der Waals surface area contributed by atoms with Gasteiger partial charge in [-0.3, -0.25) is 19.4 Å². The lowest BCUT2D eigenvalue weighted by molar-refractivity contribution is -0.143. The van der Waals surface area contributed by atoms with Crippen molar-refractivity contribution in [3.63, 3.8) is 0 Å². The van der Waals surface area contributed by atoms with Gasteiger partial charge >= 0.3 is 5.97 Å². The molecule has 4 unspecified atom stereocenters. The Morgan fingerprint density at radius 3 is 1.85 bits per heavy atom. The lowest BCUT2D eigenvalue weighted by atomic mass is 10.0. The Kier molecular flexibility index (Phi) is 11.3. The molecule has 0 radical (unpaired) electrons. The lowest BCUT2D eigenvalue weighted by Crippen LogP contribution is -2.58. The number of nitrogens with two attached hydrogens (primary N) is 3. The van der Waals surface area contributed by atoms with Gasteiger partial charge in [0.1, 0.15) is 18.1 Å². The molecular weight excluding hydrogens is 594 g/mol. The number of benzene rings is 2. The zero-order valence-electron chi connectivity index (χ0n) is 25.0. The van der Waals surface area contributed by atoms with Crippen LogP contribution in [0.2, 0.25) is 0 Å². The van der Waals surface area contributed by atoms with Gasteiger partial charge in [0.25, 0.3) is 0 Å². The number of guanidine groups is 1. The van der Waals surface area contributed by atoms with Crippen LogP contribution in [0.3, 0.4) is 0 Å². The van der Waals surface area contributed by atoms with Gasteiger partial charge in [0.05, 0.1) is 12.6 Å². The van der Waals surface area contributed by atoms with E-state index in [1.807, 2.05) is 48.5 Å². The summed E-state index contributed by atoms with van der Waals surface area (Å²) in [7, 11) is 0. The fourth-order valence-electron chi connectivity index (χ4n) is 5.14. The summed E-state index contributed by atoms with van der Waals surface area (Å²) < 4.78 is 0. The molecule has 13 N–H and O–H groups in total. The molecule has 3 amide bonds. The van der Waals surface area contributed by atoms with Gasteiger partial charge < -0.3 is 53.3 Å². The van der Waals surface area contributed by atoms with E-state index < -0.39 is 54.5 Å². The Morgan fingerprint density at radius 1 is 0.761 bits per heavy atom. The molecule has 0 saturated heterocycles. The monoisotopic (exact) mass is 633 g/mol. The molecule has 15 heteroatoms. The van der Waals surface area contributed by atoms with E-state index in [0.717, 1.165) is 27.4 Å². The van der Waals surface area contributed by atoms with Crippen molar-refractivity contribution in [1.29, 1.82) is 0 Å². The Balaban J connectivity index is 1.53. The Morgan fingerprint density at radius 2 is 1.28 bits per heavy atom. The number of aliphatic hydroxyl groups is 1. The first kappa shape index (κ1) is 33.5. The molecule has 4 atom stereocenters. The van der Waals surface area contributed by atoms with Crippen LogP contribution in [-0.4, -0.2) is 87.2 Å². The molecule has 2 aromatic heterocycles. The zero-order chi connectivity index (χ0) is 33.2. The molecule has 2 heterocycles. The molecule has 0 bridgehead atoms. The minimum absolute atomic E-state index is 0.0197. The normalized spacial score (nSPS) is 13.8. The van der Waals surface area contributed by atoms with Gasteiger partial charge in [0, 0.05) is 47.2 Å². The first-order valence-corrected chi connectivity index (χ1v) is 14.7. The van der Waals surface area contributed by atoms with E-state index in [4.69, 9.17) is 17.2 Å². The SMILES string of the molecule is NC(N)=NCCCC(NC(=O)C(N)Cc1c[nH]c2ccccc12)C(=O)NC(Cc1c[nH]c2ccccc12)C(=O)NC(CO)C(=O)O. The van der Waals surface area contributed by atoms with E-state index in [9.17, 15) is 29.4 Å². The summed E-state index contributed by atoms with van der Waals surface area (Å²) in [6.45, 7) is -0.675. The number of para-hydroxylation sites is 2. The third kappa shape index (κ3) is 8.61. The molecule has 4 aromatic rings. The fraction of sp³-hybridized carbons (Fsp3) is 0.323. The van der Waals surface area contributed by atoms with Gasteiger partial charge in [-0.15, -0.1) is 0 Å². The second-order valence-corrected chi connectivity index (χ2v) is 10.9. The summed E-state index contributed by atoms with van der Waals surface area (Å²) in [5, 5.41) is 28.2. The van der Waals surface area contributed by atoms with Crippen molar-refractivity contribution in [2.45, 2.75) is 49.9 Å². The molecule has 2 aromatic carbocycles. The number of aliphatic hydroxyl groups excluding tert-OH is 1. The van der Waals surface area contributed by atoms with Gasteiger partial charge in [-0.25, -0.2) is 4.79 Å². The zero-order valence-corrected chi connectivity index (χ0v) is 25.0. The van der Waals surface area contributed by atoms with Crippen molar-refractivity contribution in [2.24, 2.45) is 22.2 Å². The minimum atomic E-state index is -1.59. The number of aromatic amines is 2. The number of nitrogens with zero attached hydrogens (tertiary/aromatic N) is 1. The van der Waals surface area contributed by atoms with Gasteiger partial charge in [-0.2, -0.15) is 0 Å². The van der Waals surface area contributed by atoms with E-state index in [2.05, 4.69) is 30.9 Å². The van der Waals surface area contributed by atoms with E-state index in [1.165, 1.54) is 0 Å². The van der Waals surface area contributed by atoms with Crippen LogP contribution in [0.25, 0.3) is 21.8 Å². The molecule has 0 spiro atoms. The quantitative estimate of drug-likeness (QED) is 0.0426. The first-order chi connectivity index (χ1) is 22.1. The number of aliphatic carboxylic acids is 1. The number of carbonyl (C=O) groups excluding carboxylic acids is 3. The molecule has 244 valence electrons. The van der Waals surface area contributed by atoms with Gasteiger partial charge in [-0.05, 0) is 42.5 Å². The summed E-state index contributed by atoms with van der Waals surface area (Å²) in [4.78, 5) is 62.0. The molecular formula is C31H39N9O6. The smallest absolute Gasteiger partial charge is 0.328 e. The number of amides is 3. The van der Waals surface area contributed by atoms with Gasteiger partial charge in [-0.1, -0.05) is 36.4 Å². The van der Waals surface area contributed by atoms with Crippen LogP contribution in [0, 0.1) is 0 Å². The molecule has 0 aliphatic heterocycles. The van der Waals surface area contributed by atoms with Crippen molar-refractivity contribution in [3.05, 3.63) is 72.1 Å². The molecule has 0 saturated carbocycles. The predicted octanol–water partition coefficient (Wildman–Crippen LogP) is -0.653. The maximum atomic E-state index is 13.7. The first-order valence-electron chi connectivity index (χ1n) is 14.7. The summed E-state index contributed by atoms with van der Waals surface area (Å²) in [6, 6.07) is 9.94. The van der Waals surface area contributed by atoms with Crippen molar-refractivity contribution < 1.29 is 29.4 Å². The number of nitrogens with one attached hydrogen (secondary N) is 5. The number of carboxylic acids is 1. The average molecular weight is 634 g/mol. The standard InChI is InChI=1S/C31H39N9O6/c32-21(12-17-14-36-22-8-3-1-6-19(17)22)27(42)38-24(10-5-11-35-31(33)34)28(43)39-25(29(44)40-26(16-41)30(45)46)13-18-15-37-23-9-4-2-7-20(18)23/h1-4,6-9,14-15,21,24-26,36-37,41H,5,10-13,16,32H2,(H,38,42)(H,39,43)(H,40,44)(H,45,46)(H4,33,34,35). The van der Waals surface area contributed by atoms with E-state index >= 15 is 0 Å². The molecule has 0 aliphatic carbocycles. The van der Waals surface area contributed by atoms with E-state index in [1.54, 1.807) is 12.4 Å². The maximum Gasteiger partial charge on any atom is 0.328 e. The number of hydrogen-bond donors (Lipinski definition) is 10. The molecule has 4 rings (SSSR count). The fourth-order valence-corrected chi connectivity index (χ4v) is 5.14. The summed E-state index contributed by atoms with van der Waals surface area (Å²) >= 11 is 0. The Labute approximate surface area is 264 Å². The maximum absolute atomic E-state index is 13.7. The van der Waals surface area contributed by atoms with Crippen molar-refractivity contribution in [1.82, 2.24) is 25.9 Å². The molecule has 46 heavy (non-hydrogen) atoms. The Hall–Kier alpha value is -5.41. The third-order valence-electron chi connectivity index (χ3n) is 7.56. The number of aromatic nitrogens is 2. The molecule has 0 aliphatic rings. The van der Waals surface area contributed by atoms with Crippen LogP contribution in [-0.2, 0) is 32.0 Å². The van der Waals surface area contributed by atoms with Crippen LogP contribution in [0.4, 0.5) is 0 Å². The second-order valence-electron chi connectivity index (χ2n) is 10.9. The van der Waals surface area contributed by atoms with Gasteiger partial charge in [0.15, 0.2) is 5.96 Å². The highest BCUT2D eigenvalue weighted by molar-refractivity contribution is 5.95. The summed E-state index contributed by atoms with van der Waals surface area (Å²) in [6.07, 6.45) is 4.05. The van der Waals surface area contributed by atoms with Gasteiger partial charge in [0.2, 0.25) is 17.7 Å². The highest BCUT2D eigenvalue weighted by atomic mass is 16.4. The second kappa shape index (κ2) is 15.5. The van der Waals surface area contributed by atoms with Crippen molar-refractivity contribution in [2.75, 3.05) is 13.2 Å². The minimum Gasteiger partial charge on any atom is -0.480 e. The average Bonchev–Trinajstić information content (AvgIpc) is 3.64. The highest BCUT2D eigenvalue weighted by Gasteiger charge is 2.31. The van der Waals surface area contributed by atoms with Crippen LogP contribution < -0.4 is 33.2 Å². The molecule has 0 fully saturated rings. The number of fused-ring (bicyclic) bond motifs is 2. The number of carboxylic acid groups (broad SMARTS) is 1. The van der Waals surface area contributed by atoms with Crippen molar-refractivity contribution >= 4 is 51.5 Å². The Bertz CT molecular complexity index is 1710. The molecule has 15 nitrogen and oxygen atoms in total. The summed E-state index contributed by atoms with van der Waals surface area (Å²) in [5.74, 6) is -3.69. The topological polar surface area (TPSA) is 267 Å². The lowest BCUT2D eigenvalue weighted by Gasteiger charge is -2.25. The number of carbonyl (C=O) groups is 4. The number of aliphatic imine (C=N–C) groups is 1. The third-order valence-corrected chi connectivity index (χ3v) is 7.56. The van der Waals surface area contributed by atoms with Crippen molar-refractivity contribution in [3.8, 4) is 0 Å². The number of H-pyrrole nitrogens is 2. The van der Waals surface area contributed by atoms with Crippen LogP contribution in [0.15, 0.2) is 65.9 Å². The van der Waals surface area contributed by atoms with Crippen LogP contribution in [0.5, 0.6) is 0 Å². The van der Waals surface area contributed by atoms with E-state index in [0.29, 0.717) is 12.0 Å². The van der Waals surface area contributed by atoms with Crippen LogP contribution >= 0.6 is 0 Å². The number of hydrogen-bond acceptors (Lipinski definition) is 7. The number of rotatable bonds is 16. The van der Waals surface area contributed by atoms with Crippen LogP contribution in [0.1, 0.15) is 24.0 Å². The largest absolute Gasteiger partial charge is 0.480 e. The highest BCUT2D eigenvalue weighted by Crippen LogP contribution is 2.20. The predicted molar refractivity (Wildman–Crippen MR) is 172 cm³/mol. The summed E-state index contributed by atoms with van der Waals surface area (Å²) in [5.41, 5.74) is 20.3.